The van der Waals surface area contributed by atoms with Crippen LogP contribution in [0.15, 0.2) is 24.6 Å². The molecule has 1 fully saturated rings. The molecule has 0 unspecified atom stereocenters. The lowest BCUT2D eigenvalue weighted by Crippen LogP contribution is -2.55. The molecular weight excluding hydrogens is 300 g/mol. The van der Waals surface area contributed by atoms with E-state index in [0.29, 0.717) is 6.54 Å². The Morgan fingerprint density at radius 3 is 2.61 bits per heavy atom. The maximum Gasteiger partial charge on any atom is 0.332 e. The summed E-state index contributed by atoms with van der Waals surface area (Å²) < 4.78 is 7.65. The number of hydrogen-bond acceptors (Lipinski definition) is 5. The Morgan fingerprint density at radius 2 is 1.87 bits per heavy atom. The van der Waals surface area contributed by atoms with Crippen molar-refractivity contribution in [3.8, 4) is 0 Å². The lowest BCUT2D eigenvalue weighted by molar-refractivity contribution is 0.0377. The highest BCUT2D eigenvalue weighted by atomic mass is 16.5. The average molecular weight is 320 g/mol. The number of hydrogen-bond donors (Lipinski definition) is 0. The van der Waals surface area contributed by atoms with Crippen LogP contribution >= 0.6 is 0 Å². The van der Waals surface area contributed by atoms with Crippen LogP contribution in [0.5, 0.6) is 0 Å². The second-order valence-corrected chi connectivity index (χ2v) is 5.59. The van der Waals surface area contributed by atoms with Crippen molar-refractivity contribution in [2.45, 2.75) is 6.42 Å². The number of morpholine rings is 1. The first-order valence-electron chi connectivity index (χ1n) is 7.66. The number of nitrogens with zero attached hydrogens (tertiary/aromatic N) is 6. The Hall–Kier alpha value is -2.13. The van der Waals surface area contributed by atoms with Gasteiger partial charge in [-0.05, 0) is 6.42 Å². The van der Waals surface area contributed by atoms with E-state index in [2.05, 4.69) is 19.9 Å². The normalized spacial score (nSPS) is 19.5. The first-order chi connectivity index (χ1) is 11.1. The van der Waals surface area contributed by atoms with Crippen molar-refractivity contribution >= 4 is 5.96 Å². The second-order valence-electron chi connectivity index (χ2n) is 5.59. The standard InChI is InChI=1S/C14H20N6O3/c1-18-11-10(12(21)19(2)14(18)22)16-13(17-11)15-4-3-5-20-6-8-23-9-7-20/h3-9H2,1-2H3. The zero-order valence-electron chi connectivity index (χ0n) is 13.4. The van der Waals surface area contributed by atoms with Crippen LogP contribution in [0.1, 0.15) is 6.42 Å². The summed E-state index contributed by atoms with van der Waals surface area (Å²) in [6, 6.07) is 0. The fraction of sp³-hybridized carbons (Fsp3) is 0.643. The van der Waals surface area contributed by atoms with Gasteiger partial charge in [0.2, 0.25) is 5.96 Å². The molecule has 0 N–H and O–H groups in total. The van der Waals surface area contributed by atoms with Gasteiger partial charge in [-0.3, -0.25) is 18.8 Å². The molecule has 1 saturated heterocycles. The Balaban J connectivity index is 1.71. The van der Waals surface area contributed by atoms with Gasteiger partial charge >= 0.3 is 5.69 Å². The maximum atomic E-state index is 12.0. The molecule has 9 nitrogen and oxygen atoms in total. The third-order valence-electron chi connectivity index (χ3n) is 4.02. The highest BCUT2D eigenvalue weighted by Crippen LogP contribution is 1.98. The topological polar surface area (TPSA) is 93.5 Å². The van der Waals surface area contributed by atoms with Crippen molar-refractivity contribution in [3.05, 3.63) is 31.7 Å². The van der Waals surface area contributed by atoms with E-state index in [9.17, 15) is 9.59 Å². The van der Waals surface area contributed by atoms with E-state index < -0.39 is 11.2 Å². The van der Waals surface area contributed by atoms with Crippen molar-refractivity contribution < 1.29 is 4.74 Å². The molecule has 2 aliphatic rings. The molecule has 23 heavy (non-hydrogen) atoms. The lowest BCUT2D eigenvalue weighted by atomic mass is 10.3. The summed E-state index contributed by atoms with van der Waals surface area (Å²) in [5.41, 5.74) is -0.573. The third kappa shape index (κ3) is 3.15. The predicted molar refractivity (Wildman–Crippen MR) is 83.4 cm³/mol. The number of ether oxygens (including phenoxy) is 1. The molecule has 0 saturated carbocycles. The van der Waals surface area contributed by atoms with E-state index >= 15 is 0 Å². The van der Waals surface area contributed by atoms with Crippen LogP contribution in [-0.2, 0) is 18.8 Å². The number of aliphatic imine (C=N–C) groups is 1. The summed E-state index contributed by atoms with van der Waals surface area (Å²) in [6.45, 7) is 5.01. The fourth-order valence-corrected chi connectivity index (χ4v) is 2.63. The minimum absolute atomic E-state index is 0.182. The highest BCUT2D eigenvalue weighted by Gasteiger charge is 2.14. The van der Waals surface area contributed by atoms with E-state index in [1.54, 1.807) is 7.05 Å². The Labute approximate surface area is 132 Å². The van der Waals surface area contributed by atoms with Crippen LogP contribution in [0.2, 0.25) is 0 Å². The van der Waals surface area contributed by atoms with Crippen LogP contribution < -0.4 is 22.1 Å². The summed E-state index contributed by atoms with van der Waals surface area (Å²) in [4.78, 5) is 38.9. The fourth-order valence-electron chi connectivity index (χ4n) is 2.63. The monoisotopic (exact) mass is 320 g/mol. The highest BCUT2D eigenvalue weighted by molar-refractivity contribution is 5.82. The van der Waals surface area contributed by atoms with Crippen molar-refractivity contribution in [1.29, 1.82) is 0 Å². The van der Waals surface area contributed by atoms with E-state index in [1.165, 1.54) is 11.6 Å². The van der Waals surface area contributed by atoms with Crippen LogP contribution in [0.3, 0.4) is 0 Å². The number of rotatable bonds is 4. The van der Waals surface area contributed by atoms with Crippen LogP contribution in [0.4, 0.5) is 0 Å². The molecule has 0 spiro atoms. The van der Waals surface area contributed by atoms with Gasteiger partial charge in [-0.2, -0.15) is 4.99 Å². The minimum atomic E-state index is -0.439. The quantitative estimate of drug-likeness (QED) is 0.569. The summed E-state index contributed by atoms with van der Waals surface area (Å²) in [6.07, 6.45) is 0.891. The molecule has 3 rings (SSSR count). The second kappa shape index (κ2) is 6.55. The SMILES string of the molecule is Cn1c(=O)c2c(n(C)c1=O)=NC(=NCCCN1CCOCC1)N=2. The molecule has 0 radical (unpaired) electrons. The van der Waals surface area contributed by atoms with Gasteiger partial charge < -0.3 is 4.74 Å². The molecule has 0 bridgehead atoms. The van der Waals surface area contributed by atoms with Gasteiger partial charge in [0.15, 0.2) is 10.8 Å². The van der Waals surface area contributed by atoms with Crippen molar-refractivity contribution in [2.24, 2.45) is 29.1 Å². The Bertz CT molecular complexity index is 860. The smallest absolute Gasteiger partial charge is 0.332 e. The molecule has 0 aromatic carbocycles. The van der Waals surface area contributed by atoms with Gasteiger partial charge in [-0.1, -0.05) is 0 Å². The molecule has 9 heteroatoms. The van der Waals surface area contributed by atoms with Crippen molar-refractivity contribution in [2.75, 3.05) is 39.4 Å². The maximum absolute atomic E-state index is 12.0. The zero-order valence-corrected chi connectivity index (χ0v) is 13.4. The molecule has 1 aromatic heterocycles. The minimum Gasteiger partial charge on any atom is -0.379 e. The van der Waals surface area contributed by atoms with E-state index in [0.717, 1.165) is 43.8 Å². The number of fused-ring (bicyclic) bond motifs is 1. The van der Waals surface area contributed by atoms with Gasteiger partial charge in [0.1, 0.15) is 0 Å². The average Bonchev–Trinajstić information content (AvgIpc) is 3.00. The van der Waals surface area contributed by atoms with Gasteiger partial charge in [0.25, 0.3) is 5.56 Å². The summed E-state index contributed by atoms with van der Waals surface area (Å²) in [7, 11) is 3.00. The van der Waals surface area contributed by atoms with Crippen molar-refractivity contribution in [3.63, 3.8) is 0 Å². The first kappa shape index (κ1) is 15.8. The zero-order chi connectivity index (χ0) is 16.4. The predicted octanol–water partition coefficient (Wildman–Crippen LogP) is -2.58. The van der Waals surface area contributed by atoms with E-state index in [4.69, 9.17) is 4.74 Å². The molecule has 0 amide bonds. The molecule has 0 aliphatic carbocycles. The lowest BCUT2D eigenvalue weighted by Gasteiger charge is -2.26. The van der Waals surface area contributed by atoms with E-state index in [1.807, 2.05) is 0 Å². The molecule has 124 valence electrons. The molecule has 3 heterocycles. The van der Waals surface area contributed by atoms with Crippen LogP contribution in [0, 0.1) is 0 Å². The van der Waals surface area contributed by atoms with Crippen LogP contribution in [-0.4, -0.2) is 59.4 Å². The van der Waals surface area contributed by atoms with E-state index in [-0.39, 0.29) is 16.8 Å². The van der Waals surface area contributed by atoms with Crippen molar-refractivity contribution in [1.82, 2.24) is 14.0 Å². The Morgan fingerprint density at radius 1 is 1.13 bits per heavy atom. The Kier molecular flexibility index (Phi) is 4.49. The summed E-state index contributed by atoms with van der Waals surface area (Å²) in [5, 5.41) is 0.182. The summed E-state index contributed by atoms with van der Waals surface area (Å²) >= 11 is 0. The first-order valence-corrected chi connectivity index (χ1v) is 7.66. The number of aromatic nitrogens is 2. The third-order valence-corrected chi connectivity index (χ3v) is 4.02. The van der Waals surface area contributed by atoms with Crippen LogP contribution in [0.25, 0.3) is 0 Å². The molecular formula is C14H20N6O3. The number of guanidine groups is 1. The van der Waals surface area contributed by atoms with Gasteiger partial charge in [0, 0.05) is 40.3 Å². The van der Waals surface area contributed by atoms with Gasteiger partial charge in [-0.15, -0.1) is 0 Å². The molecule has 1 aromatic rings. The summed E-state index contributed by atoms with van der Waals surface area (Å²) in [5.74, 6) is 0.264. The largest absolute Gasteiger partial charge is 0.379 e. The van der Waals surface area contributed by atoms with Gasteiger partial charge in [0.05, 0.1) is 13.2 Å². The molecule has 0 atom stereocenters. The molecule has 2 aliphatic heterocycles. The van der Waals surface area contributed by atoms with Gasteiger partial charge in [-0.25, -0.2) is 14.8 Å².